The van der Waals surface area contributed by atoms with Crippen molar-refractivity contribution in [1.29, 1.82) is 0 Å². The summed E-state index contributed by atoms with van der Waals surface area (Å²) in [5.41, 5.74) is 4.02. The lowest BCUT2D eigenvalue weighted by Gasteiger charge is -2.14. The lowest BCUT2D eigenvalue weighted by molar-refractivity contribution is -0.114. The molecule has 0 fully saturated rings. The molecule has 170 valence electrons. The van der Waals surface area contributed by atoms with Gasteiger partial charge in [0.15, 0.2) is 0 Å². The molecule has 33 heavy (non-hydrogen) atoms. The Bertz CT molecular complexity index is 1110. The van der Waals surface area contributed by atoms with Gasteiger partial charge < -0.3 is 10.6 Å². The van der Waals surface area contributed by atoms with E-state index in [0.717, 1.165) is 17.7 Å². The zero-order valence-electron chi connectivity index (χ0n) is 19.1. The van der Waals surface area contributed by atoms with Crippen molar-refractivity contribution in [3.63, 3.8) is 0 Å². The van der Waals surface area contributed by atoms with Gasteiger partial charge in [-0.2, -0.15) is 0 Å². The fourth-order valence-electron chi connectivity index (χ4n) is 3.16. The first-order valence-electron chi connectivity index (χ1n) is 10.9. The molecule has 1 unspecified atom stereocenters. The van der Waals surface area contributed by atoms with Gasteiger partial charge in [-0.25, -0.2) is 4.99 Å². The van der Waals surface area contributed by atoms with Crippen LogP contribution in [-0.4, -0.2) is 22.8 Å². The van der Waals surface area contributed by atoms with Crippen molar-refractivity contribution in [2.24, 2.45) is 4.99 Å². The highest BCUT2D eigenvalue weighted by Gasteiger charge is 2.11. The second-order valence-electron chi connectivity index (χ2n) is 7.79. The number of rotatable bonds is 7. The fraction of sp³-hybridized carbons (Fsp3) is 0.231. The Morgan fingerprint density at radius 3 is 2.36 bits per heavy atom. The van der Waals surface area contributed by atoms with Gasteiger partial charge in [0.05, 0.1) is 6.54 Å². The summed E-state index contributed by atoms with van der Waals surface area (Å²) in [6, 6.07) is 18.6. The smallest absolute Gasteiger partial charge is 0.258 e. The Hall–Kier alpha value is -4.00. The lowest BCUT2D eigenvalue weighted by Crippen LogP contribution is -2.36. The molecule has 0 spiro atoms. The molecular formula is C26H29N5O2. The minimum Gasteiger partial charge on any atom is -0.326 e. The van der Waals surface area contributed by atoms with E-state index < -0.39 is 0 Å². The SMILES string of the molecule is CCC(C)c1ccc(NC(=NCc2ccncc2)NC(=O)c2cccc(NC(C)=O)c2)cc1. The minimum absolute atomic E-state index is 0.199. The van der Waals surface area contributed by atoms with E-state index in [1.165, 1.54) is 12.5 Å². The van der Waals surface area contributed by atoms with E-state index in [1.54, 1.807) is 36.7 Å². The number of carbonyl (C=O) groups is 2. The molecule has 0 saturated carbocycles. The van der Waals surface area contributed by atoms with E-state index in [9.17, 15) is 9.59 Å². The first kappa shape index (κ1) is 23.7. The van der Waals surface area contributed by atoms with Crippen LogP contribution in [0.3, 0.4) is 0 Å². The van der Waals surface area contributed by atoms with Gasteiger partial charge in [0.1, 0.15) is 0 Å². The lowest BCUT2D eigenvalue weighted by atomic mass is 9.99. The zero-order chi connectivity index (χ0) is 23.6. The van der Waals surface area contributed by atoms with Gasteiger partial charge in [-0.05, 0) is 65.9 Å². The van der Waals surface area contributed by atoms with Crippen LogP contribution in [0.1, 0.15) is 54.6 Å². The summed E-state index contributed by atoms with van der Waals surface area (Å²) in [6.07, 6.45) is 4.48. The third-order valence-corrected chi connectivity index (χ3v) is 5.20. The Balaban J connectivity index is 1.79. The summed E-state index contributed by atoms with van der Waals surface area (Å²) in [6.45, 7) is 6.16. The number of hydrogen-bond donors (Lipinski definition) is 3. The van der Waals surface area contributed by atoms with Crippen LogP contribution < -0.4 is 16.0 Å². The highest BCUT2D eigenvalue weighted by atomic mass is 16.2. The standard InChI is InChI=1S/C26H29N5O2/c1-4-18(2)21-8-10-23(11-9-21)30-26(28-17-20-12-14-27-15-13-20)31-25(33)22-6-5-7-24(16-22)29-19(3)32/h5-16,18H,4,17H2,1-3H3,(H,29,32)(H2,28,30,31,33). The van der Waals surface area contributed by atoms with E-state index >= 15 is 0 Å². The van der Waals surface area contributed by atoms with Crippen LogP contribution in [0, 0.1) is 0 Å². The quantitative estimate of drug-likeness (QED) is 0.356. The van der Waals surface area contributed by atoms with Gasteiger partial charge in [0.25, 0.3) is 5.91 Å². The molecule has 1 atom stereocenters. The van der Waals surface area contributed by atoms with E-state index in [4.69, 9.17) is 0 Å². The first-order chi connectivity index (χ1) is 15.9. The molecule has 7 heteroatoms. The maximum Gasteiger partial charge on any atom is 0.258 e. The topological polar surface area (TPSA) is 95.5 Å². The van der Waals surface area contributed by atoms with Gasteiger partial charge in [0.2, 0.25) is 11.9 Å². The molecular weight excluding hydrogens is 414 g/mol. The number of amides is 2. The van der Waals surface area contributed by atoms with Crippen LogP contribution in [0.15, 0.2) is 78.0 Å². The molecule has 0 bridgehead atoms. The van der Waals surface area contributed by atoms with Crippen LogP contribution in [0.25, 0.3) is 0 Å². The van der Waals surface area contributed by atoms with Crippen molar-refractivity contribution in [2.75, 3.05) is 10.6 Å². The number of aliphatic imine (C=N–C) groups is 1. The predicted molar refractivity (Wildman–Crippen MR) is 132 cm³/mol. The van der Waals surface area contributed by atoms with Crippen LogP contribution in [0.5, 0.6) is 0 Å². The molecule has 2 aromatic carbocycles. The summed E-state index contributed by atoms with van der Waals surface area (Å²) in [5.74, 6) is 0.279. The molecule has 3 rings (SSSR count). The highest BCUT2D eigenvalue weighted by molar-refractivity contribution is 6.10. The number of guanidine groups is 1. The van der Waals surface area contributed by atoms with E-state index in [1.807, 2.05) is 24.3 Å². The second-order valence-corrected chi connectivity index (χ2v) is 7.79. The van der Waals surface area contributed by atoms with Crippen LogP contribution in [-0.2, 0) is 11.3 Å². The number of hydrogen-bond acceptors (Lipinski definition) is 4. The average molecular weight is 444 g/mol. The molecule has 3 N–H and O–H groups in total. The number of aromatic nitrogens is 1. The molecule has 0 aliphatic carbocycles. The molecule has 0 saturated heterocycles. The Morgan fingerprint density at radius 1 is 0.970 bits per heavy atom. The molecule has 2 amide bonds. The predicted octanol–water partition coefficient (Wildman–Crippen LogP) is 4.95. The molecule has 1 aromatic heterocycles. The average Bonchev–Trinajstić information content (AvgIpc) is 2.83. The molecule has 0 aliphatic heterocycles. The van der Waals surface area contributed by atoms with Gasteiger partial charge in [0, 0.05) is 36.3 Å². The van der Waals surface area contributed by atoms with Crippen molar-refractivity contribution in [3.05, 3.63) is 89.7 Å². The summed E-state index contributed by atoms with van der Waals surface area (Å²) >= 11 is 0. The Morgan fingerprint density at radius 2 is 1.70 bits per heavy atom. The van der Waals surface area contributed by atoms with Crippen molar-refractivity contribution in [1.82, 2.24) is 10.3 Å². The maximum atomic E-state index is 12.9. The van der Waals surface area contributed by atoms with Gasteiger partial charge in [-0.1, -0.05) is 32.0 Å². The van der Waals surface area contributed by atoms with Crippen LogP contribution >= 0.6 is 0 Å². The van der Waals surface area contributed by atoms with Crippen LogP contribution in [0.4, 0.5) is 11.4 Å². The zero-order valence-corrected chi connectivity index (χ0v) is 19.1. The highest BCUT2D eigenvalue weighted by Crippen LogP contribution is 2.20. The first-order valence-corrected chi connectivity index (χ1v) is 10.9. The van der Waals surface area contributed by atoms with Crippen LogP contribution in [0.2, 0.25) is 0 Å². The summed E-state index contributed by atoms with van der Waals surface area (Å²) < 4.78 is 0. The number of carbonyl (C=O) groups excluding carboxylic acids is 2. The van der Waals surface area contributed by atoms with Gasteiger partial charge in [-0.15, -0.1) is 0 Å². The summed E-state index contributed by atoms with van der Waals surface area (Å²) in [5, 5.41) is 8.75. The normalized spacial score (nSPS) is 12.0. The second kappa shape index (κ2) is 11.6. The van der Waals surface area contributed by atoms with Crippen molar-refractivity contribution < 1.29 is 9.59 Å². The molecule has 1 heterocycles. The molecule has 3 aromatic rings. The Labute approximate surface area is 194 Å². The van der Waals surface area contributed by atoms with Crippen molar-refractivity contribution in [3.8, 4) is 0 Å². The molecule has 0 radical (unpaired) electrons. The van der Waals surface area contributed by atoms with Gasteiger partial charge >= 0.3 is 0 Å². The van der Waals surface area contributed by atoms with E-state index in [0.29, 0.717) is 29.7 Å². The maximum absolute atomic E-state index is 12.9. The number of anilines is 2. The third-order valence-electron chi connectivity index (χ3n) is 5.20. The monoisotopic (exact) mass is 443 g/mol. The molecule has 0 aliphatic rings. The van der Waals surface area contributed by atoms with Gasteiger partial charge in [-0.3, -0.25) is 19.9 Å². The summed E-state index contributed by atoms with van der Waals surface area (Å²) in [4.78, 5) is 32.9. The van der Waals surface area contributed by atoms with Crippen molar-refractivity contribution >= 4 is 29.1 Å². The number of pyridine rings is 1. The Kier molecular flexibility index (Phi) is 8.30. The number of nitrogens with one attached hydrogen (secondary N) is 3. The van der Waals surface area contributed by atoms with E-state index in [2.05, 4.69) is 51.9 Å². The summed E-state index contributed by atoms with van der Waals surface area (Å²) in [7, 11) is 0. The number of nitrogens with zero attached hydrogens (tertiary/aromatic N) is 2. The molecule has 7 nitrogen and oxygen atoms in total. The largest absolute Gasteiger partial charge is 0.326 e. The minimum atomic E-state index is -0.334. The fourth-order valence-corrected chi connectivity index (χ4v) is 3.16. The number of benzene rings is 2. The van der Waals surface area contributed by atoms with E-state index in [-0.39, 0.29) is 11.8 Å². The van der Waals surface area contributed by atoms with Crippen molar-refractivity contribution in [2.45, 2.75) is 39.7 Å². The third kappa shape index (κ3) is 7.28.